The molecule has 2 aromatic rings. The van der Waals surface area contributed by atoms with Gasteiger partial charge in [-0.3, -0.25) is 14.4 Å². The Bertz CT molecular complexity index is 1090. The van der Waals surface area contributed by atoms with Gasteiger partial charge in [-0.05, 0) is 73.9 Å². The van der Waals surface area contributed by atoms with Crippen molar-refractivity contribution in [1.29, 1.82) is 0 Å². The number of hydrogen-bond acceptors (Lipinski definition) is 3. The maximum absolute atomic E-state index is 13.6. The summed E-state index contributed by atoms with van der Waals surface area (Å²) in [6, 6.07) is 15.8. The molecule has 2 aromatic carbocycles. The number of nitrogens with zero attached hydrogens (tertiary/aromatic N) is 3. The smallest absolute Gasteiger partial charge is 0.253 e. The van der Waals surface area contributed by atoms with Crippen molar-refractivity contribution in [3.63, 3.8) is 0 Å². The Labute approximate surface area is 207 Å². The first-order chi connectivity index (χ1) is 17.0. The number of carbonyl (C=O) groups is 3. The topological polar surface area (TPSA) is 60.9 Å². The van der Waals surface area contributed by atoms with Gasteiger partial charge in [0.15, 0.2) is 0 Å². The summed E-state index contributed by atoms with van der Waals surface area (Å²) in [4.78, 5) is 45.1. The van der Waals surface area contributed by atoms with E-state index < -0.39 is 0 Å². The lowest BCUT2D eigenvalue weighted by Crippen LogP contribution is -2.50. The van der Waals surface area contributed by atoms with Crippen LogP contribution >= 0.6 is 0 Å². The zero-order valence-corrected chi connectivity index (χ0v) is 20.6. The summed E-state index contributed by atoms with van der Waals surface area (Å²) in [5.74, 6) is -0.104. The molecule has 0 radical (unpaired) electrons. The van der Waals surface area contributed by atoms with Crippen molar-refractivity contribution in [2.75, 3.05) is 31.1 Å². The summed E-state index contributed by atoms with van der Waals surface area (Å²) in [6.07, 6.45) is 6.08. The molecule has 184 valence electrons. The number of amides is 3. The summed E-state index contributed by atoms with van der Waals surface area (Å²) >= 11 is 0. The van der Waals surface area contributed by atoms with Gasteiger partial charge in [0.2, 0.25) is 11.8 Å². The molecule has 3 aliphatic rings. The van der Waals surface area contributed by atoms with Crippen molar-refractivity contribution in [2.24, 2.45) is 5.92 Å². The largest absolute Gasteiger partial charge is 0.339 e. The first-order valence-electron chi connectivity index (χ1n) is 13.1. The van der Waals surface area contributed by atoms with E-state index in [0.717, 1.165) is 37.8 Å². The molecule has 0 N–H and O–H groups in total. The maximum Gasteiger partial charge on any atom is 0.253 e. The van der Waals surface area contributed by atoms with E-state index in [0.29, 0.717) is 31.7 Å². The molecule has 0 saturated carbocycles. The third kappa shape index (κ3) is 4.84. The number of piperidine rings is 1. The first kappa shape index (κ1) is 23.6. The molecule has 2 heterocycles. The molecule has 6 nitrogen and oxygen atoms in total. The standard InChI is InChI=1S/C29H35N3O3/c1-2-15-31(25-13-16-30(17-14-25)28(34)22-7-4-3-5-8-22)29(35)24-19-27(33)32(20-24)26-12-11-21-9-6-10-23(21)18-26/h3-5,7-8,11-12,18,24-25H,2,6,9-10,13-17,19-20H2,1H3. The zero-order chi connectivity index (χ0) is 24.4. The minimum atomic E-state index is -0.300. The van der Waals surface area contributed by atoms with Crippen LogP contribution in [0.2, 0.25) is 0 Å². The van der Waals surface area contributed by atoms with Gasteiger partial charge >= 0.3 is 0 Å². The van der Waals surface area contributed by atoms with Crippen LogP contribution in [-0.2, 0) is 22.4 Å². The van der Waals surface area contributed by atoms with Crippen LogP contribution in [0.5, 0.6) is 0 Å². The second-order valence-electron chi connectivity index (χ2n) is 10.1. The second kappa shape index (κ2) is 10.2. The van der Waals surface area contributed by atoms with Crippen LogP contribution in [0.3, 0.4) is 0 Å². The molecule has 0 aromatic heterocycles. The Balaban J connectivity index is 1.23. The molecule has 3 amide bonds. The molecule has 1 aliphatic carbocycles. The third-order valence-electron chi connectivity index (χ3n) is 7.83. The second-order valence-corrected chi connectivity index (χ2v) is 10.1. The quantitative estimate of drug-likeness (QED) is 0.635. The number of rotatable bonds is 6. The summed E-state index contributed by atoms with van der Waals surface area (Å²) in [5.41, 5.74) is 4.37. The Morgan fingerprint density at radius 3 is 2.49 bits per heavy atom. The Hall–Kier alpha value is -3.15. The predicted octanol–water partition coefficient (Wildman–Crippen LogP) is 4.07. The number of likely N-dealkylation sites (tertiary alicyclic amines) is 1. The lowest BCUT2D eigenvalue weighted by molar-refractivity contribution is -0.139. The fraction of sp³-hybridized carbons (Fsp3) is 0.483. The van der Waals surface area contributed by atoms with Gasteiger partial charge in [-0.2, -0.15) is 0 Å². The molecular formula is C29H35N3O3. The van der Waals surface area contributed by atoms with Crippen molar-refractivity contribution >= 4 is 23.4 Å². The van der Waals surface area contributed by atoms with Crippen molar-refractivity contribution in [1.82, 2.24) is 9.80 Å². The van der Waals surface area contributed by atoms with Gasteiger partial charge < -0.3 is 14.7 Å². The normalized spacial score (nSPS) is 20.3. The molecule has 0 bridgehead atoms. The van der Waals surface area contributed by atoms with Gasteiger partial charge in [0.25, 0.3) is 5.91 Å². The summed E-state index contributed by atoms with van der Waals surface area (Å²) in [6.45, 7) is 4.54. The highest BCUT2D eigenvalue weighted by Gasteiger charge is 2.39. The molecule has 2 saturated heterocycles. The predicted molar refractivity (Wildman–Crippen MR) is 136 cm³/mol. The van der Waals surface area contributed by atoms with Crippen LogP contribution in [0, 0.1) is 5.92 Å². The number of benzene rings is 2. The van der Waals surface area contributed by atoms with E-state index in [-0.39, 0.29) is 36.1 Å². The van der Waals surface area contributed by atoms with E-state index in [1.165, 1.54) is 17.5 Å². The average molecular weight is 474 g/mol. The van der Waals surface area contributed by atoms with Gasteiger partial charge in [-0.25, -0.2) is 0 Å². The fourth-order valence-corrected chi connectivity index (χ4v) is 5.94. The number of carbonyl (C=O) groups excluding carboxylic acids is 3. The maximum atomic E-state index is 13.6. The lowest BCUT2D eigenvalue weighted by Gasteiger charge is -2.39. The highest BCUT2D eigenvalue weighted by atomic mass is 16.2. The number of aryl methyl sites for hydroxylation is 2. The fourth-order valence-electron chi connectivity index (χ4n) is 5.94. The Morgan fingerprint density at radius 2 is 1.74 bits per heavy atom. The molecule has 6 heteroatoms. The van der Waals surface area contributed by atoms with Gasteiger partial charge in [-0.1, -0.05) is 31.2 Å². The summed E-state index contributed by atoms with van der Waals surface area (Å²) in [5, 5.41) is 0. The van der Waals surface area contributed by atoms with E-state index in [1.54, 1.807) is 0 Å². The van der Waals surface area contributed by atoms with Crippen LogP contribution in [0.25, 0.3) is 0 Å². The van der Waals surface area contributed by atoms with E-state index in [1.807, 2.05) is 51.1 Å². The van der Waals surface area contributed by atoms with Crippen LogP contribution in [0.1, 0.15) is 60.5 Å². The molecule has 2 aliphatic heterocycles. The highest BCUT2D eigenvalue weighted by Crippen LogP contribution is 2.32. The van der Waals surface area contributed by atoms with Crippen molar-refractivity contribution in [3.8, 4) is 0 Å². The van der Waals surface area contributed by atoms with Gasteiger partial charge in [0.05, 0.1) is 5.92 Å². The van der Waals surface area contributed by atoms with Crippen LogP contribution in [-0.4, -0.2) is 59.7 Å². The van der Waals surface area contributed by atoms with Crippen molar-refractivity contribution in [2.45, 2.75) is 57.9 Å². The molecule has 2 fully saturated rings. The zero-order valence-electron chi connectivity index (χ0n) is 20.6. The minimum Gasteiger partial charge on any atom is -0.339 e. The lowest BCUT2D eigenvalue weighted by atomic mass is 9.98. The number of fused-ring (bicyclic) bond motifs is 1. The summed E-state index contributed by atoms with van der Waals surface area (Å²) < 4.78 is 0. The molecule has 5 rings (SSSR count). The Morgan fingerprint density at radius 1 is 1.00 bits per heavy atom. The van der Waals surface area contributed by atoms with Crippen LogP contribution in [0.4, 0.5) is 5.69 Å². The summed E-state index contributed by atoms with van der Waals surface area (Å²) in [7, 11) is 0. The van der Waals surface area contributed by atoms with Gasteiger partial charge in [-0.15, -0.1) is 0 Å². The van der Waals surface area contributed by atoms with Crippen molar-refractivity contribution < 1.29 is 14.4 Å². The first-order valence-corrected chi connectivity index (χ1v) is 13.1. The molecule has 35 heavy (non-hydrogen) atoms. The van der Waals surface area contributed by atoms with E-state index >= 15 is 0 Å². The molecular weight excluding hydrogens is 438 g/mol. The van der Waals surface area contributed by atoms with Crippen LogP contribution in [0.15, 0.2) is 48.5 Å². The molecule has 1 atom stereocenters. The SMILES string of the molecule is CCCN(C(=O)C1CC(=O)N(c2ccc3c(c2)CCC3)C1)C1CCN(C(=O)c2ccccc2)CC1. The van der Waals surface area contributed by atoms with E-state index in [9.17, 15) is 14.4 Å². The molecule has 0 spiro atoms. The van der Waals surface area contributed by atoms with Crippen molar-refractivity contribution in [3.05, 3.63) is 65.2 Å². The molecule has 1 unspecified atom stereocenters. The third-order valence-corrected chi connectivity index (χ3v) is 7.83. The monoisotopic (exact) mass is 473 g/mol. The highest BCUT2D eigenvalue weighted by molar-refractivity contribution is 6.00. The van der Waals surface area contributed by atoms with E-state index in [2.05, 4.69) is 19.1 Å². The van der Waals surface area contributed by atoms with E-state index in [4.69, 9.17) is 0 Å². The number of hydrogen-bond donors (Lipinski definition) is 0. The average Bonchev–Trinajstić information content (AvgIpc) is 3.53. The Kier molecular flexibility index (Phi) is 6.89. The number of anilines is 1. The van der Waals surface area contributed by atoms with Gasteiger partial charge in [0.1, 0.15) is 0 Å². The minimum absolute atomic E-state index is 0.0426. The van der Waals surface area contributed by atoms with Crippen LogP contribution < -0.4 is 4.90 Å². The van der Waals surface area contributed by atoms with Gasteiger partial charge in [0, 0.05) is 49.9 Å².